The first kappa shape index (κ1) is 9.35. The number of rotatable bonds is 1. The molecule has 1 aromatic heterocycles. The van der Waals surface area contributed by atoms with Crippen LogP contribution in [0.3, 0.4) is 0 Å². The molecule has 0 fully saturated rings. The standard InChI is InChI=1S/C6H6Cl2N2O2/c1-10-6(11)4(8)3(7)5(9-10)12-2/h1-2H3. The second-order valence-electron chi connectivity index (χ2n) is 2.07. The Morgan fingerprint density at radius 2 is 2.00 bits per heavy atom. The lowest BCUT2D eigenvalue weighted by Gasteiger charge is -2.04. The normalized spacial score (nSPS) is 10.0. The van der Waals surface area contributed by atoms with Gasteiger partial charge >= 0.3 is 0 Å². The van der Waals surface area contributed by atoms with Gasteiger partial charge in [0.1, 0.15) is 10.0 Å². The Morgan fingerprint density at radius 3 is 2.50 bits per heavy atom. The van der Waals surface area contributed by atoms with Gasteiger partial charge in [0.2, 0.25) is 0 Å². The second kappa shape index (κ2) is 3.33. The molecule has 0 bridgehead atoms. The van der Waals surface area contributed by atoms with Crippen molar-refractivity contribution in [2.75, 3.05) is 7.11 Å². The highest BCUT2D eigenvalue weighted by atomic mass is 35.5. The molecule has 1 heterocycles. The molecule has 0 N–H and O–H groups in total. The Bertz CT molecular complexity index is 361. The van der Waals surface area contributed by atoms with Gasteiger partial charge in [-0.1, -0.05) is 23.2 Å². The lowest BCUT2D eigenvalue weighted by atomic mass is 10.5. The highest BCUT2D eigenvalue weighted by Crippen LogP contribution is 2.25. The largest absolute Gasteiger partial charge is 0.479 e. The molecule has 0 amide bonds. The molecule has 0 radical (unpaired) electrons. The van der Waals surface area contributed by atoms with Crippen molar-refractivity contribution in [1.29, 1.82) is 0 Å². The van der Waals surface area contributed by atoms with E-state index in [9.17, 15) is 4.79 Å². The van der Waals surface area contributed by atoms with Crippen molar-refractivity contribution in [2.45, 2.75) is 0 Å². The van der Waals surface area contributed by atoms with Gasteiger partial charge < -0.3 is 4.74 Å². The summed E-state index contributed by atoms with van der Waals surface area (Å²) in [6.07, 6.45) is 0. The molecule has 66 valence electrons. The lowest BCUT2D eigenvalue weighted by molar-refractivity contribution is 0.382. The maximum absolute atomic E-state index is 11.1. The molecule has 0 aliphatic heterocycles. The van der Waals surface area contributed by atoms with Crippen molar-refractivity contribution in [1.82, 2.24) is 9.78 Å². The summed E-state index contributed by atoms with van der Waals surface area (Å²) in [4.78, 5) is 11.1. The summed E-state index contributed by atoms with van der Waals surface area (Å²) in [5.41, 5.74) is -0.442. The first-order valence-corrected chi connectivity index (χ1v) is 3.79. The number of halogens is 2. The highest BCUT2D eigenvalue weighted by molar-refractivity contribution is 6.42. The summed E-state index contributed by atoms with van der Waals surface area (Å²) in [6.45, 7) is 0. The zero-order valence-corrected chi connectivity index (χ0v) is 7.98. The summed E-state index contributed by atoms with van der Waals surface area (Å²) in [6, 6.07) is 0. The topological polar surface area (TPSA) is 44.1 Å². The maximum atomic E-state index is 11.1. The van der Waals surface area contributed by atoms with Gasteiger partial charge in [-0.25, -0.2) is 4.68 Å². The molecular formula is C6H6Cl2N2O2. The Kier molecular flexibility index (Phi) is 2.59. The van der Waals surface area contributed by atoms with Crippen LogP contribution in [0.2, 0.25) is 10.0 Å². The van der Waals surface area contributed by atoms with E-state index in [1.54, 1.807) is 0 Å². The van der Waals surface area contributed by atoms with E-state index in [4.69, 9.17) is 27.9 Å². The molecule has 1 rings (SSSR count). The minimum absolute atomic E-state index is 0.0438. The minimum Gasteiger partial charge on any atom is -0.479 e. The van der Waals surface area contributed by atoms with E-state index in [-0.39, 0.29) is 15.9 Å². The van der Waals surface area contributed by atoms with Gasteiger partial charge in [0.05, 0.1) is 7.11 Å². The van der Waals surface area contributed by atoms with Gasteiger partial charge in [-0.2, -0.15) is 0 Å². The summed E-state index contributed by atoms with van der Waals surface area (Å²) >= 11 is 11.2. The zero-order chi connectivity index (χ0) is 9.30. The number of nitrogens with zero attached hydrogens (tertiary/aromatic N) is 2. The highest BCUT2D eigenvalue weighted by Gasteiger charge is 2.12. The van der Waals surface area contributed by atoms with Gasteiger partial charge in [-0.05, 0) is 0 Å². The number of hydrogen-bond donors (Lipinski definition) is 0. The average molecular weight is 209 g/mol. The van der Waals surface area contributed by atoms with E-state index >= 15 is 0 Å². The third-order valence-electron chi connectivity index (χ3n) is 1.30. The van der Waals surface area contributed by atoms with E-state index < -0.39 is 5.56 Å². The molecule has 0 saturated heterocycles. The van der Waals surface area contributed by atoms with Crippen LogP contribution in [0.1, 0.15) is 0 Å². The summed E-state index contributed by atoms with van der Waals surface area (Å²) in [5, 5.41) is 3.68. The first-order valence-electron chi connectivity index (χ1n) is 3.04. The van der Waals surface area contributed by atoms with Crippen LogP contribution < -0.4 is 10.3 Å². The minimum atomic E-state index is -0.442. The number of hydrogen-bond acceptors (Lipinski definition) is 3. The lowest BCUT2D eigenvalue weighted by Crippen LogP contribution is -2.20. The van der Waals surface area contributed by atoms with Crippen molar-refractivity contribution >= 4 is 23.2 Å². The molecule has 0 unspecified atom stereocenters. The third-order valence-corrected chi connectivity index (χ3v) is 2.09. The van der Waals surface area contributed by atoms with Crippen LogP contribution in [-0.2, 0) is 7.05 Å². The molecule has 12 heavy (non-hydrogen) atoms. The molecule has 1 aromatic rings. The van der Waals surface area contributed by atoms with Gasteiger partial charge in [0, 0.05) is 7.05 Å². The Morgan fingerprint density at radius 1 is 1.42 bits per heavy atom. The SMILES string of the molecule is COc1nn(C)c(=O)c(Cl)c1Cl. The van der Waals surface area contributed by atoms with Gasteiger partial charge in [-0.3, -0.25) is 4.79 Å². The van der Waals surface area contributed by atoms with Gasteiger partial charge in [0.15, 0.2) is 0 Å². The fraction of sp³-hybridized carbons (Fsp3) is 0.333. The average Bonchev–Trinajstić information content (AvgIpc) is 2.08. The van der Waals surface area contributed by atoms with E-state index in [0.29, 0.717) is 0 Å². The Balaban J connectivity index is 3.50. The summed E-state index contributed by atoms with van der Waals surface area (Å²) < 4.78 is 5.84. The maximum Gasteiger partial charge on any atom is 0.287 e. The van der Waals surface area contributed by atoms with E-state index in [1.165, 1.54) is 14.2 Å². The van der Waals surface area contributed by atoms with E-state index in [0.717, 1.165) is 4.68 Å². The molecular weight excluding hydrogens is 203 g/mol. The van der Waals surface area contributed by atoms with Crippen molar-refractivity contribution in [3.8, 4) is 5.88 Å². The van der Waals surface area contributed by atoms with Crippen LogP contribution in [0.4, 0.5) is 0 Å². The van der Waals surface area contributed by atoms with Crippen molar-refractivity contribution < 1.29 is 4.74 Å². The third kappa shape index (κ3) is 1.40. The molecule has 4 nitrogen and oxygen atoms in total. The molecule has 0 aliphatic carbocycles. The molecule has 0 spiro atoms. The van der Waals surface area contributed by atoms with E-state index in [2.05, 4.69) is 5.10 Å². The summed E-state index contributed by atoms with van der Waals surface area (Å²) in [7, 11) is 2.86. The summed E-state index contributed by atoms with van der Waals surface area (Å²) in [5.74, 6) is 0.142. The molecule has 0 aliphatic rings. The Labute approximate surface area is 78.7 Å². The quantitative estimate of drug-likeness (QED) is 0.695. The second-order valence-corrected chi connectivity index (χ2v) is 2.82. The predicted molar refractivity (Wildman–Crippen MR) is 46.1 cm³/mol. The molecule has 0 atom stereocenters. The van der Waals surface area contributed by atoms with Crippen LogP contribution in [0.25, 0.3) is 0 Å². The van der Waals surface area contributed by atoms with Crippen LogP contribution >= 0.6 is 23.2 Å². The molecule has 0 aromatic carbocycles. The van der Waals surface area contributed by atoms with Crippen molar-refractivity contribution in [3.63, 3.8) is 0 Å². The van der Waals surface area contributed by atoms with Crippen LogP contribution in [-0.4, -0.2) is 16.9 Å². The van der Waals surface area contributed by atoms with Crippen LogP contribution in [0, 0.1) is 0 Å². The van der Waals surface area contributed by atoms with E-state index in [1.807, 2.05) is 0 Å². The smallest absolute Gasteiger partial charge is 0.287 e. The van der Waals surface area contributed by atoms with Crippen LogP contribution in [0.15, 0.2) is 4.79 Å². The van der Waals surface area contributed by atoms with Crippen molar-refractivity contribution in [2.24, 2.45) is 7.05 Å². The van der Waals surface area contributed by atoms with Gasteiger partial charge in [-0.15, -0.1) is 5.10 Å². The molecule has 6 heteroatoms. The number of aryl methyl sites for hydroxylation is 1. The Hall–Kier alpha value is -0.740. The number of ether oxygens (including phenoxy) is 1. The number of aromatic nitrogens is 2. The fourth-order valence-corrected chi connectivity index (χ4v) is 1.08. The fourth-order valence-electron chi connectivity index (χ4n) is 0.686. The van der Waals surface area contributed by atoms with Gasteiger partial charge in [0.25, 0.3) is 11.4 Å². The zero-order valence-electron chi connectivity index (χ0n) is 6.47. The number of methoxy groups -OCH3 is 1. The monoisotopic (exact) mass is 208 g/mol. The van der Waals surface area contributed by atoms with Crippen molar-refractivity contribution in [3.05, 3.63) is 20.4 Å². The van der Waals surface area contributed by atoms with Crippen LogP contribution in [0.5, 0.6) is 5.88 Å². The first-order chi connectivity index (χ1) is 5.57. The molecule has 0 saturated carbocycles. The predicted octanol–water partition coefficient (Wildman–Crippen LogP) is 1.10.